The van der Waals surface area contributed by atoms with E-state index in [9.17, 15) is 0 Å². The van der Waals surface area contributed by atoms with Crippen molar-refractivity contribution >= 4 is 21.9 Å². The van der Waals surface area contributed by atoms with Gasteiger partial charge in [0.15, 0.2) is 6.29 Å². The topological polar surface area (TPSA) is 75.2 Å². The fraction of sp³-hybridized carbons (Fsp3) is 0.333. The number of rotatable bonds is 8. The molecule has 0 aliphatic carbocycles. The van der Waals surface area contributed by atoms with Crippen LogP contribution in [0, 0.1) is 0 Å². The van der Waals surface area contributed by atoms with Gasteiger partial charge in [0.05, 0.1) is 36.8 Å². The van der Waals surface area contributed by atoms with Gasteiger partial charge in [0.1, 0.15) is 5.52 Å². The molecule has 30 heavy (non-hydrogen) atoms. The number of hydrogen-bond donors (Lipinski definition) is 1. The molecule has 2 heterocycles. The maximum absolute atomic E-state index is 6.22. The second-order valence-electron chi connectivity index (χ2n) is 8.38. The van der Waals surface area contributed by atoms with Crippen LogP contribution in [0.4, 0.5) is 0 Å². The number of aromatic nitrogens is 3. The Balaban J connectivity index is 1.46. The molecule has 4 rings (SSSR count). The van der Waals surface area contributed by atoms with E-state index in [4.69, 9.17) is 15.2 Å². The highest BCUT2D eigenvalue weighted by Gasteiger charge is 2.16. The molecule has 2 N–H and O–H groups in total. The van der Waals surface area contributed by atoms with Crippen molar-refractivity contribution in [3.8, 4) is 0 Å². The van der Waals surface area contributed by atoms with Gasteiger partial charge in [-0.05, 0) is 38.0 Å². The molecule has 1 atom stereocenters. The number of imidazole rings is 1. The van der Waals surface area contributed by atoms with E-state index in [1.807, 2.05) is 63.6 Å². The maximum atomic E-state index is 6.22. The average Bonchev–Trinajstić information content (AvgIpc) is 3.12. The largest absolute Gasteiger partial charge is 0.348 e. The van der Waals surface area contributed by atoms with Crippen LogP contribution in [-0.4, -0.2) is 26.4 Å². The van der Waals surface area contributed by atoms with E-state index in [1.165, 1.54) is 0 Å². The molecular formula is C24H28N4O2. The second kappa shape index (κ2) is 8.52. The summed E-state index contributed by atoms with van der Waals surface area (Å²) < 4.78 is 13.8. The molecule has 2 aromatic heterocycles. The highest BCUT2D eigenvalue weighted by atomic mass is 16.7. The van der Waals surface area contributed by atoms with Gasteiger partial charge >= 0.3 is 0 Å². The van der Waals surface area contributed by atoms with Crippen LogP contribution in [0.15, 0.2) is 61.1 Å². The van der Waals surface area contributed by atoms with Crippen LogP contribution in [-0.2, 0) is 29.2 Å². The van der Waals surface area contributed by atoms with Gasteiger partial charge in [-0.15, -0.1) is 0 Å². The summed E-state index contributed by atoms with van der Waals surface area (Å²) in [4.78, 5) is 9.07. The molecule has 0 spiro atoms. The van der Waals surface area contributed by atoms with E-state index in [2.05, 4.69) is 32.7 Å². The first-order chi connectivity index (χ1) is 14.4. The summed E-state index contributed by atoms with van der Waals surface area (Å²) in [6, 6.07) is 16.3. The third-order valence-electron chi connectivity index (χ3n) is 4.90. The van der Waals surface area contributed by atoms with E-state index in [0.29, 0.717) is 19.8 Å². The minimum atomic E-state index is -0.326. The molecule has 0 amide bonds. The molecule has 0 radical (unpaired) electrons. The summed E-state index contributed by atoms with van der Waals surface area (Å²) >= 11 is 0. The quantitative estimate of drug-likeness (QED) is 0.441. The smallest absolute Gasteiger partial charge is 0.155 e. The Bertz CT molecular complexity index is 1130. The van der Waals surface area contributed by atoms with E-state index >= 15 is 0 Å². The maximum Gasteiger partial charge on any atom is 0.155 e. The van der Waals surface area contributed by atoms with Gasteiger partial charge in [0.2, 0.25) is 0 Å². The molecule has 0 aliphatic rings. The van der Waals surface area contributed by atoms with Gasteiger partial charge in [-0.1, -0.05) is 42.5 Å². The predicted molar refractivity (Wildman–Crippen MR) is 119 cm³/mol. The Hall–Kier alpha value is -2.80. The summed E-state index contributed by atoms with van der Waals surface area (Å²) in [6.07, 6.45) is 3.35. The van der Waals surface area contributed by atoms with Crippen molar-refractivity contribution in [2.75, 3.05) is 0 Å². The van der Waals surface area contributed by atoms with Crippen LogP contribution in [0.3, 0.4) is 0 Å². The average molecular weight is 405 g/mol. The van der Waals surface area contributed by atoms with Gasteiger partial charge in [-0.25, -0.2) is 4.98 Å². The van der Waals surface area contributed by atoms with Gasteiger partial charge < -0.3 is 19.8 Å². The van der Waals surface area contributed by atoms with Crippen LogP contribution < -0.4 is 5.73 Å². The minimum absolute atomic E-state index is 0.301. The highest BCUT2D eigenvalue weighted by Crippen LogP contribution is 2.25. The van der Waals surface area contributed by atoms with Crippen molar-refractivity contribution < 1.29 is 9.47 Å². The minimum Gasteiger partial charge on any atom is -0.348 e. The molecule has 2 aromatic carbocycles. The molecule has 0 fully saturated rings. The third kappa shape index (κ3) is 4.84. The molecule has 156 valence electrons. The molecule has 6 heteroatoms. The summed E-state index contributed by atoms with van der Waals surface area (Å²) in [5.74, 6) is 0. The molecule has 0 bridgehead atoms. The summed E-state index contributed by atoms with van der Waals surface area (Å²) in [5.41, 5.74) is 10.9. The lowest BCUT2D eigenvalue weighted by atomic mass is 10.1. The van der Waals surface area contributed by atoms with Crippen molar-refractivity contribution in [3.63, 3.8) is 0 Å². The zero-order valence-electron chi connectivity index (χ0n) is 17.7. The Morgan fingerprint density at radius 3 is 2.43 bits per heavy atom. The Kier molecular flexibility index (Phi) is 5.81. The zero-order valence-corrected chi connectivity index (χ0v) is 17.7. The second-order valence-corrected chi connectivity index (χ2v) is 8.38. The Morgan fingerprint density at radius 1 is 0.967 bits per heavy atom. The van der Waals surface area contributed by atoms with Crippen molar-refractivity contribution in [2.45, 2.75) is 52.4 Å². The van der Waals surface area contributed by atoms with E-state index in [1.54, 1.807) is 0 Å². The zero-order chi connectivity index (χ0) is 21.1. The van der Waals surface area contributed by atoms with Gasteiger partial charge in [0, 0.05) is 17.5 Å². The lowest BCUT2D eigenvalue weighted by Crippen LogP contribution is -2.36. The predicted octanol–water partition coefficient (Wildman–Crippen LogP) is 4.40. The number of nitrogens with zero attached hydrogens (tertiary/aromatic N) is 3. The van der Waals surface area contributed by atoms with Crippen LogP contribution in [0.5, 0.6) is 0 Å². The van der Waals surface area contributed by atoms with E-state index < -0.39 is 0 Å². The fourth-order valence-corrected chi connectivity index (χ4v) is 3.50. The summed E-state index contributed by atoms with van der Waals surface area (Å²) in [7, 11) is 0. The first-order valence-corrected chi connectivity index (χ1v) is 10.2. The lowest BCUT2D eigenvalue weighted by molar-refractivity contribution is -0.144. The third-order valence-corrected chi connectivity index (χ3v) is 4.90. The van der Waals surface area contributed by atoms with Crippen LogP contribution >= 0.6 is 0 Å². The number of ether oxygens (including phenoxy) is 2. The highest BCUT2D eigenvalue weighted by molar-refractivity contribution is 6.02. The van der Waals surface area contributed by atoms with Crippen molar-refractivity contribution in [3.05, 3.63) is 72.2 Å². The molecule has 0 saturated carbocycles. The number of pyridine rings is 1. The first-order valence-electron chi connectivity index (χ1n) is 10.2. The van der Waals surface area contributed by atoms with Crippen molar-refractivity contribution in [1.29, 1.82) is 0 Å². The Labute approximate surface area is 176 Å². The molecule has 4 aromatic rings. The summed E-state index contributed by atoms with van der Waals surface area (Å²) in [5, 5.41) is 1.06. The van der Waals surface area contributed by atoms with Crippen molar-refractivity contribution in [2.24, 2.45) is 5.73 Å². The number of benzene rings is 2. The SMILES string of the molecule is CC(OCc1ccccc1)OCc1ccc2c(c1)ncc1ncn(CC(C)(C)N)c12. The molecule has 0 aliphatic heterocycles. The van der Waals surface area contributed by atoms with Gasteiger partial charge in [0.25, 0.3) is 0 Å². The van der Waals surface area contributed by atoms with Gasteiger partial charge in [-0.2, -0.15) is 0 Å². The molecule has 1 unspecified atom stereocenters. The standard InChI is InChI=1S/C24H28N4O2/c1-17(29-13-18-7-5-4-6-8-18)30-14-19-9-10-20-21(11-19)26-12-22-23(20)28(16-27-22)15-24(2,3)25/h4-12,16-17H,13-15,25H2,1-3H3. The fourth-order valence-electron chi connectivity index (χ4n) is 3.50. The summed E-state index contributed by atoms with van der Waals surface area (Å²) in [6.45, 7) is 7.61. The molecule has 6 nitrogen and oxygen atoms in total. The Morgan fingerprint density at radius 2 is 1.70 bits per heavy atom. The number of fused-ring (bicyclic) bond motifs is 3. The van der Waals surface area contributed by atoms with Gasteiger partial charge in [-0.3, -0.25) is 4.98 Å². The molecular weight excluding hydrogens is 376 g/mol. The van der Waals surface area contributed by atoms with Crippen molar-refractivity contribution in [1.82, 2.24) is 14.5 Å². The lowest BCUT2D eigenvalue weighted by Gasteiger charge is -2.20. The van der Waals surface area contributed by atoms with Crippen LogP contribution in [0.1, 0.15) is 31.9 Å². The van der Waals surface area contributed by atoms with E-state index in [0.717, 1.165) is 33.1 Å². The van der Waals surface area contributed by atoms with Crippen LogP contribution in [0.25, 0.3) is 21.9 Å². The number of nitrogens with two attached hydrogens (primary N) is 1. The van der Waals surface area contributed by atoms with Crippen LogP contribution in [0.2, 0.25) is 0 Å². The first kappa shape index (κ1) is 20.5. The number of hydrogen-bond acceptors (Lipinski definition) is 5. The normalized spacial score (nSPS) is 13.2. The van der Waals surface area contributed by atoms with E-state index in [-0.39, 0.29) is 11.8 Å². The molecule has 0 saturated heterocycles. The monoisotopic (exact) mass is 404 g/mol.